The van der Waals surface area contributed by atoms with Crippen LogP contribution in [0.3, 0.4) is 0 Å². The van der Waals surface area contributed by atoms with E-state index in [4.69, 9.17) is 4.74 Å². The second-order valence-electron chi connectivity index (χ2n) is 9.21. The highest BCUT2D eigenvalue weighted by Crippen LogP contribution is 2.25. The number of piperidine rings is 1. The third-order valence-electron chi connectivity index (χ3n) is 6.25. The van der Waals surface area contributed by atoms with Gasteiger partial charge < -0.3 is 25.0 Å². The number of nitrogens with zero attached hydrogens (tertiary/aromatic N) is 2. The molecule has 3 aromatic rings. The summed E-state index contributed by atoms with van der Waals surface area (Å²) < 4.78 is 19.2. The van der Waals surface area contributed by atoms with E-state index in [1.807, 2.05) is 0 Å². The van der Waals surface area contributed by atoms with Gasteiger partial charge in [0.15, 0.2) is 5.69 Å². The van der Waals surface area contributed by atoms with Crippen LogP contribution >= 0.6 is 0 Å². The van der Waals surface area contributed by atoms with E-state index >= 15 is 0 Å². The van der Waals surface area contributed by atoms with E-state index in [1.165, 1.54) is 6.07 Å². The van der Waals surface area contributed by atoms with Crippen molar-refractivity contribution in [3.63, 3.8) is 0 Å². The highest BCUT2D eigenvalue weighted by molar-refractivity contribution is 5.97. The summed E-state index contributed by atoms with van der Waals surface area (Å²) in [5.41, 5.74) is -0.280. The van der Waals surface area contributed by atoms with Gasteiger partial charge in [0.1, 0.15) is 29.3 Å². The van der Waals surface area contributed by atoms with Gasteiger partial charge in [-0.1, -0.05) is 26.0 Å². The van der Waals surface area contributed by atoms with E-state index in [1.54, 1.807) is 43.0 Å². The molecular formula is C26H27FN4O6. The molecule has 3 N–H and O–H groups in total. The van der Waals surface area contributed by atoms with Crippen LogP contribution in [0.15, 0.2) is 47.3 Å². The van der Waals surface area contributed by atoms with Gasteiger partial charge in [0, 0.05) is 25.9 Å². The molecule has 0 bridgehead atoms. The molecule has 2 amide bonds. The zero-order valence-corrected chi connectivity index (χ0v) is 20.4. The molecule has 194 valence electrons. The van der Waals surface area contributed by atoms with Crippen molar-refractivity contribution in [1.82, 2.24) is 20.2 Å². The van der Waals surface area contributed by atoms with Gasteiger partial charge in [0.2, 0.25) is 5.91 Å². The van der Waals surface area contributed by atoms with Gasteiger partial charge in [0.05, 0.1) is 11.0 Å². The highest BCUT2D eigenvalue weighted by atomic mass is 19.1. The van der Waals surface area contributed by atoms with Gasteiger partial charge in [-0.25, -0.2) is 14.2 Å². The van der Waals surface area contributed by atoms with Gasteiger partial charge in [-0.2, -0.15) is 0 Å². The molecule has 2 aromatic carbocycles. The van der Waals surface area contributed by atoms with E-state index in [-0.39, 0.29) is 34.9 Å². The number of carbonyl (C=O) groups is 3. The van der Waals surface area contributed by atoms with Crippen LogP contribution < -0.4 is 15.6 Å². The van der Waals surface area contributed by atoms with Crippen molar-refractivity contribution >= 4 is 28.8 Å². The summed E-state index contributed by atoms with van der Waals surface area (Å²) in [4.78, 5) is 58.4. The topological polar surface area (TPSA) is 142 Å². The summed E-state index contributed by atoms with van der Waals surface area (Å²) in [5.74, 6) is -3.20. The molecule has 1 saturated heterocycles. The van der Waals surface area contributed by atoms with Gasteiger partial charge in [-0.05, 0) is 36.2 Å². The fourth-order valence-electron chi connectivity index (χ4n) is 4.25. The Morgan fingerprint density at radius 1 is 1.16 bits per heavy atom. The third kappa shape index (κ3) is 5.76. The first-order valence-electron chi connectivity index (χ1n) is 11.9. The highest BCUT2D eigenvalue weighted by Gasteiger charge is 2.33. The predicted molar refractivity (Wildman–Crippen MR) is 132 cm³/mol. The minimum Gasteiger partial charge on any atom is -0.489 e. The number of rotatable bonds is 7. The summed E-state index contributed by atoms with van der Waals surface area (Å²) >= 11 is 0. The zero-order chi connectivity index (χ0) is 26.7. The number of hydrogen-bond acceptors (Lipinski definition) is 6. The number of amides is 2. The lowest BCUT2D eigenvalue weighted by atomic mass is 10.00. The summed E-state index contributed by atoms with van der Waals surface area (Å²) in [6.07, 6.45) is 0.486. The number of aromatic carboxylic acids is 1. The molecule has 1 atom stereocenters. The predicted octanol–water partition coefficient (Wildman–Crippen LogP) is 2.58. The Kier molecular flexibility index (Phi) is 7.51. The second kappa shape index (κ2) is 10.8. The maximum Gasteiger partial charge on any atom is 0.339 e. The van der Waals surface area contributed by atoms with Crippen LogP contribution in [0.2, 0.25) is 0 Å². The largest absolute Gasteiger partial charge is 0.489 e. The minimum atomic E-state index is -1.29. The Morgan fingerprint density at radius 2 is 1.86 bits per heavy atom. The van der Waals surface area contributed by atoms with Crippen LogP contribution in [0.4, 0.5) is 4.39 Å². The Balaban J connectivity index is 1.41. The minimum absolute atomic E-state index is 0.0686. The number of benzene rings is 2. The van der Waals surface area contributed by atoms with Crippen molar-refractivity contribution in [3.05, 3.63) is 69.9 Å². The number of H-pyrrole nitrogens is 1. The number of aromatic amines is 1. The fourth-order valence-corrected chi connectivity index (χ4v) is 4.25. The van der Waals surface area contributed by atoms with E-state index in [9.17, 15) is 28.7 Å². The first kappa shape index (κ1) is 25.8. The lowest BCUT2D eigenvalue weighted by Crippen LogP contribution is -2.54. The monoisotopic (exact) mass is 510 g/mol. The molecule has 0 saturated carbocycles. The molecule has 1 aliphatic heterocycles. The number of nitrogens with one attached hydrogen (secondary N) is 2. The van der Waals surface area contributed by atoms with Crippen LogP contribution in [-0.4, -0.2) is 63.0 Å². The van der Waals surface area contributed by atoms with Crippen LogP contribution in [-0.2, 0) is 4.79 Å². The molecule has 1 aliphatic rings. The molecule has 1 aromatic heterocycles. The molecule has 4 rings (SSSR count). The summed E-state index contributed by atoms with van der Waals surface area (Å²) in [7, 11) is 0. The van der Waals surface area contributed by atoms with Crippen molar-refractivity contribution in [2.75, 3.05) is 13.1 Å². The van der Waals surface area contributed by atoms with Gasteiger partial charge in [0.25, 0.3) is 11.5 Å². The number of para-hydroxylation sites is 2. The number of carboxylic acid groups (broad SMARTS) is 1. The van der Waals surface area contributed by atoms with Gasteiger partial charge in [-0.15, -0.1) is 0 Å². The smallest absolute Gasteiger partial charge is 0.339 e. The third-order valence-corrected chi connectivity index (χ3v) is 6.25. The van der Waals surface area contributed by atoms with Gasteiger partial charge >= 0.3 is 5.97 Å². The van der Waals surface area contributed by atoms with Crippen molar-refractivity contribution in [3.8, 4) is 5.75 Å². The summed E-state index contributed by atoms with van der Waals surface area (Å²) in [5, 5.41) is 12.0. The molecule has 0 spiro atoms. The maximum atomic E-state index is 13.4. The second-order valence-corrected chi connectivity index (χ2v) is 9.21. The van der Waals surface area contributed by atoms with E-state index in [0.717, 1.165) is 12.1 Å². The number of hydrogen-bond donors (Lipinski definition) is 3. The maximum absolute atomic E-state index is 13.4. The number of ether oxygens (including phenoxy) is 1. The quantitative estimate of drug-likeness (QED) is 0.444. The lowest BCUT2D eigenvalue weighted by Gasteiger charge is -2.35. The standard InChI is InChI=1S/C26H27FN4O6/c1-14(2)21(30-24(33)22-23(32)29-19-6-4-3-5-18(19)28-22)25(34)31-11-9-16(10-12-31)37-20-8-7-15(27)13-17(20)26(35)36/h3-8,13-14,16,21H,9-12H2,1-2H3,(H,29,32)(H,30,33)(H,35,36)/t21-/m0/s1. The first-order chi connectivity index (χ1) is 17.6. The summed E-state index contributed by atoms with van der Waals surface area (Å²) in [6, 6.07) is 9.26. The first-order valence-corrected chi connectivity index (χ1v) is 11.9. The Morgan fingerprint density at radius 3 is 2.54 bits per heavy atom. The van der Waals surface area contributed by atoms with Crippen molar-refractivity contribution < 1.29 is 28.6 Å². The molecule has 0 radical (unpaired) electrons. The zero-order valence-electron chi connectivity index (χ0n) is 20.4. The molecule has 0 unspecified atom stereocenters. The average molecular weight is 511 g/mol. The Hall–Kier alpha value is -4.28. The molecule has 10 nitrogen and oxygen atoms in total. The molecule has 37 heavy (non-hydrogen) atoms. The van der Waals surface area contributed by atoms with Crippen molar-refractivity contribution in [1.29, 1.82) is 0 Å². The molecule has 11 heteroatoms. The van der Waals surface area contributed by atoms with Crippen LogP contribution in [0, 0.1) is 11.7 Å². The Bertz CT molecular complexity index is 1400. The lowest BCUT2D eigenvalue weighted by molar-refractivity contribution is -0.136. The average Bonchev–Trinajstić information content (AvgIpc) is 2.87. The molecule has 2 heterocycles. The normalized spacial score (nSPS) is 15.0. The SMILES string of the molecule is CC(C)[C@H](NC(=O)c1nc2ccccc2[nH]c1=O)C(=O)N1CCC(Oc2ccc(F)cc2C(=O)O)CC1. The Labute approximate surface area is 211 Å². The van der Waals surface area contributed by atoms with Crippen molar-refractivity contribution in [2.45, 2.75) is 38.8 Å². The number of carboxylic acids is 1. The van der Waals surface area contributed by atoms with E-state index in [0.29, 0.717) is 37.0 Å². The molecule has 0 aliphatic carbocycles. The number of fused-ring (bicyclic) bond motifs is 1. The van der Waals surface area contributed by atoms with Crippen LogP contribution in [0.1, 0.15) is 47.5 Å². The van der Waals surface area contributed by atoms with Gasteiger partial charge in [-0.3, -0.25) is 14.4 Å². The number of aromatic nitrogens is 2. The molecular weight excluding hydrogens is 483 g/mol. The van der Waals surface area contributed by atoms with Crippen LogP contribution in [0.5, 0.6) is 5.75 Å². The summed E-state index contributed by atoms with van der Waals surface area (Å²) in [6.45, 7) is 4.22. The van der Waals surface area contributed by atoms with E-state index < -0.39 is 29.3 Å². The molecule has 1 fully saturated rings. The number of halogens is 1. The fraction of sp³-hybridized carbons (Fsp3) is 0.346. The van der Waals surface area contributed by atoms with Crippen molar-refractivity contribution in [2.24, 2.45) is 5.92 Å². The van der Waals surface area contributed by atoms with E-state index in [2.05, 4.69) is 15.3 Å². The number of carbonyl (C=O) groups excluding carboxylic acids is 2. The van der Waals surface area contributed by atoms with Crippen LogP contribution in [0.25, 0.3) is 11.0 Å². The number of likely N-dealkylation sites (tertiary alicyclic amines) is 1.